The largest absolute Gasteiger partial charge is 0.458 e. The Kier molecular flexibility index (Phi) is 5.50. The van der Waals surface area contributed by atoms with Crippen LogP contribution in [0.25, 0.3) is 6.08 Å². The maximum atomic E-state index is 11.9. The molecule has 0 heterocycles. The summed E-state index contributed by atoms with van der Waals surface area (Å²) in [6.45, 7) is 7.22. The van der Waals surface area contributed by atoms with E-state index in [1.54, 1.807) is 19.3 Å². The molecule has 0 bridgehead atoms. The Labute approximate surface area is 119 Å². The summed E-state index contributed by atoms with van der Waals surface area (Å²) in [6.07, 6.45) is 4.63. The average Bonchev–Trinajstić information content (AvgIpc) is 2.35. The summed E-state index contributed by atoms with van der Waals surface area (Å²) in [5, 5.41) is 3.09. The molecule has 1 atom stereocenters. The summed E-state index contributed by atoms with van der Waals surface area (Å²) in [5.74, 6) is -0.321. The summed E-state index contributed by atoms with van der Waals surface area (Å²) >= 11 is 0. The molecule has 1 aromatic carbocycles. The highest BCUT2D eigenvalue weighted by Gasteiger charge is 2.21. The van der Waals surface area contributed by atoms with Gasteiger partial charge in [-0.25, -0.2) is 4.79 Å². The molecule has 0 aliphatic rings. The van der Waals surface area contributed by atoms with E-state index in [0.717, 1.165) is 11.3 Å². The van der Waals surface area contributed by atoms with Gasteiger partial charge < -0.3 is 10.1 Å². The first-order valence-electron chi connectivity index (χ1n) is 6.46. The van der Waals surface area contributed by atoms with Crippen LogP contribution in [0.3, 0.4) is 0 Å². The molecule has 0 saturated carbocycles. The summed E-state index contributed by atoms with van der Waals surface area (Å²) in [6, 6.07) is 6.91. The monoisotopic (exact) mass is 274 g/mol. The standard InChI is InChI=1S/C16H20NO3/c1-12(15(19)20-16(2,3)4)17-14-10-6-5-8-13(14)9-7-11-18/h5-10,12,17H,1-4H3/b9-7+. The minimum absolute atomic E-state index is 0.321. The number of allylic oxidation sites excluding steroid dienone is 1. The van der Waals surface area contributed by atoms with Gasteiger partial charge in [0.1, 0.15) is 11.6 Å². The van der Waals surface area contributed by atoms with Crippen molar-refractivity contribution in [1.82, 2.24) is 0 Å². The number of carbonyl (C=O) groups excluding carboxylic acids is 2. The molecule has 4 heteroatoms. The number of nitrogens with one attached hydrogen (secondary N) is 1. The van der Waals surface area contributed by atoms with E-state index in [2.05, 4.69) is 5.32 Å². The summed E-state index contributed by atoms with van der Waals surface area (Å²) < 4.78 is 5.31. The molecule has 0 fully saturated rings. The maximum absolute atomic E-state index is 11.9. The van der Waals surface area contributed by atoms with Crippen molar-refractivity contribution in [3.63, 3.8) is 0 Å². The first-order valence-corrected chi connectivity index (χ1v) is 6.46. The number of rotatable bonds is 5. The van der Waals surface area contributed by atoms with Crippen LogP contribution in [0.4, 0.5) is 5.69 Å². The molecule has 0 saturated heterocycles. The number of benzene rings is 1. The van der Waals surface area contributed by atoms with Crippen molar-refractivity contribution in [2.24, 2.45) is 0 Å². The Hall–Kier alpha value is -2.10. The third-order valence-corrected chi connectivity index (χ3v) is 2.42. The summed E-state index contributed by atoms with van der Waals surface area (Å²) in [7, 11) is 0. The fourth-order valence-corrected chi connectivity index (χ4v) is 1.58. The highest BCUT2D eigenvalue weighted by Crippen LogP contribution is 2.18. The SMILES string of the molecule is CC(Nc1ccccc1/C=C/[C]=O)C(=O)OC(C)(C)C. The van der Waals surface area contributed by atoms with Gasteiger partial charge in [-0.1, -0.05) is 18.2 Å². The van der Waals surface area contributed by atoms with E-state index in [-0.39, 0.29) is 5.97 Å². The second-order valence-electron chi connectivity index (χ2n) is 5.44. The van der Waals surface area contributed by atoms with Crippen molar-refractivity contribution >= 4 is 24.0 Å². The quantitative estimate of drug-likeness (QED) is 0.662. The van der Waals surface area contributed by atoms with Crippen LogP contribution in [0.15, 0.2) is 30.3 Å². The van der Waals surface area contributed by atoms with Crippen LogP contribution in [-0.2, 0) is 14.3 Å². The predicted octanol–water partition coefficient (Wildman–Crippen LogP) is 2.95. The highest BCUT2D eigenvalue weighted by molar-refractivity contribution is 5.82. The zero-order valence-electron chi connectivity index (χ0n) is 12.3. The normalized spacial score (nSPS) is 13.0. The number of para-hydroxylation sites is 1. The maximum Gasteiger partial charge on any atom is 0.328 e. The average molecular weight is 274 g/mol. The van der Waals surface area contributed by atoms with E-state index >= 15 is 0 Å². The lowest BCUT2D eigenvalue weighted by Crippen LogP contribution is -2.34. The minimum Gasteiger partial charge on any atom is -0.458 e. The third kappa shape index (κ3) is 5.26. The van der Waals surface area contributed by atoms with E-state index < -0.39 is 11.6 Å². The lowest BCUT2D eigenvalue weighted by atomic mass is 10.1. The number of carbonyl (C=O) groups is 1. The van der Waals surface area contributed by atoms with E-state index in [0.29, 0.717) is 0 Å². The number of hydrogen-bond acceptors (Lipinski definition) is 4. The Bertz CT molecular complexity index is 501. The van der Waals surface area contributed by atoms with Crippen LogP contribution in [0, 0.1) is 0 Å². The lowest BCUT2D eigenvalue weighted by molar-refractivity contribution is -0.155. The van der Waals surface area contributed by atoms with Gasteiger partial charge in [-0.15, -0.1) is 0 Å². The van der Waals surface area contributed by atoms with Crippen LogP contribution in [0.1, 0.15) is 33.3 Å². The van der Waals surface area contributed by atoms with Gasteiger partial charge in [-0.05, 0) is 51.5 Å². The highest BCUT2D eigenvalue weighted by atomic mass is 16.6. The van der Waals surface area contributed by atoms with Crippen LogP contribution in [0.5, 0.6) is 0 Å². The Morgan fingerprint density at radius 1 is 1.35 bits per heavy atom. The molecule has 0 aliphatic carbocycles. The fourth-order valence-electron chi connectivity index (χ4n) is 1.58. The topological polar surface area (TPSA) is 55.4 Å². The number of hydrogen-bond donors (Lipinski definition) is 1. The predicted molar refractivity (Wildman–Crippen MR) is 80.1 cm³/mol. The number of anilines is 1. The van der Waals surface area contributed by atoms with Gasteiger partial charge in [0.25, 0.3) is 0 Å². The van der Waals surface area contributed by atoms with E-state index in [4.69, 9.17) is 4.74 Å². The molecule has 1 rings (SSSR count). The van der Waals surface area contributed by atoms with Crippen molar-refractivity contribution in [1.29, 1.82) is 0 Å². The second-order valence-corrected chi connectivity index (χ2v) is 5.44. The number of esters is 1. The summed E-state index contributed by atoms with van der Waals surface area (Å²) in [4.78, 5) is 22.2. The van der Waals surface area contributed by atoms with Crippen molar-refractivity contribution in [2.75, 3.05) is 5.32 Å². The van der Waals surface area contributed by atoms with Gasteiger partial charge in [-0.2, -0.15) is 0 Å². The molecule has 0 amide bonds. The van der Waals surface area contributed by atoms with E-state index in [9.17, 15) is 9.59 Å². The van der Waals surface area contributed by atoms with Gasteiger partial charge in [-0.3, -0.25) is 4.79 Å². The molecule has 1 radical (unpaired) electrons. The zero-order valence-corrected chi connectivity index (χ0v) is 12.3. The Morgan fingerprint density at radius 3 is 2.60 bits per heavy atom. The van der Waals surface area contributed by atoms with Gasteiger partial charge >= 0.3 is 5.97 Å². The second kappa shape index (κ2) is 6.89. The zero-order chi connectivity index (χ0) is 15.2. The van der Waals surface area contributed by atoms with Crippen molar-refractivity contribution < 1.29 is 14.3 Å². The molecule has 0 aromatic heterocycles. The molecule has 1 N–H and O–H groups in total. The van der Waals surface area contributed by atoms with Gasteiger partial charge in [0.15, 0.2) is 0 Å². The molecular formula is C16H20NO3. The molecule has 1 aromatic rings. The molecule has 0 spiro atoms. The van der Waals surface area contributed by atoms with E-state index in [1.807, 2.05) is 45.0 Å². The van der Waals surface area contributed by atoms with Crippen molar-refractivity contribution in [2.45, 2.75) is 39.3 Å². The van der Waals surface area contributed by atoms with E-state index in [1.165, 1.54) is 6.08 Å². The van der Waals surface area contributed by atoms with Crippen molar-refractivity contribution in [3.05, 3.63) is 35.9 Å². The van der Waals surface area contributed by atoms with Gasteiger partial charge in [0, 0.05) is 5.69 Å². The number of ether oxygens (including phenoxy) is 1. The van der Waals surface area contributed by atoms with Gasteiger partial charge in [0.05, 0.1) is 0 Å². The third-order valence-electron chi connectivity index (χ3n) is 2.42. The smallest absolute Gasteiger partial charge is 0.328 e. The minimum atomic E-state index is -0.515. The van der Waals surface area contributed by atoms with Crippen molar-refractivity contribution in [3.8, 4) is 0 Å². The molecule has 107 valence electrons. The first kappa shape index (κ1) is 16.0. The fraction of sp³-hybridized carbons (Fsp3) is 0.375. The van der Waals surface area contributed by atoms with Gasteiger partial charge in [0.2, 0.25) is 6.29 Å². The molecule has 4 nitrogen and oxygen atoms in total. The van der Waals surface area contributed by atoms with Crippen LogP contribution < -0.4 is 5.32 Å². The molecule has 20 heavy (non-hydrogen) atoms. The summed E-state index contributed by atoms with van der Waals surface area (Å²) in [5.41, 5.74) is 1.06. The Balaban J connectivity index is 2.80. The Morgan fingerprint density at radius 2 is 2.00 bits per heavy atom. The molecular weight excluding hydrogens is 254 g/mol. The van der Waals surface area contributed by atoms with Crippen LogP contribution in [-0.4, -0.2) is 23.9 Å². The lowest BCUT2D eigenvalue weighted by Gasteiger charge is -2.23. The molecule has 0 aliphatic heterocycles. The van der Waals surface area contributed by atoms with Crippen LogP contribution in [0.2, 0.25) is 0 Å². The molecule has 1 unspecified atom stereocenters. The van der Waals surface area contributed by atoms with Crippen LogP contribution >= 0.6 is 0 Å². The first-order chi connectivity index (χ1) is 9.33.